The van der Waals surface area contributed by atoms with Crippen molar-refractivity contribution in [3.8, 4) is 0 Å². The maximum Gasteiger partial charge on any atom is 0.0312 e. The minimum absolute atomic E-state index is 0.556. The van der Waals surface area contributed by atoms with E-state index >= 15 is 0 Å². The Bertz CT molecular complexity index is 231. The number of rotatable bonds is 4. The lowest BCUT2D eigenvalue weighted by Crippen LogP contribution is -2.30. The van der Waals surface area contributed by atoms with Crippen LogP contribution in [0.5, 0.6) is 0 Å². The molecule has 1 rings (SSSR count). The molecule has 0 radical (unpaired) electrons. The average Bonchev–Trinajstić information content (AvgIpc) is 2.15. The first-order valence-corrected chi connectivity index (χ1v) is 4.82. The van der Waals surface area contributed by atoms with E-state index in [1.807, 2.05) is 12.3 Å². The molecule has 13 heavy (non-hydrogen) atoms. The fraction of sp³-hybridized carbons (Fsp3) is 0.545. The minimum atomic E-state index is 0.556. The zero-order chi connectivity index (χ0) is 9.68. The Morgan fingerprint density at radius 2 is 2.15 bits per heavy atom. The topological polar surface area (TPSA) is 24.9 Å². The molecule has 2 nitrogen and oxygen atoms in total. The summed E-state index contributed by atoms with van der Waals surface area (Å²) in [5, 5.41) is 3.46. The van der Waals surface area contributed by atoms with Crippen molar-refractivity contribution in [1.82, 2.24) is 10.3 Å². The van der Waals surface area contributed by atoms with E-state index in [1.165, 1.54) is 5.56 Å². The summed E-state index contributed by atoms with van der Waals surface area (Å²) in [6.07, 6.45) is 3.70. The van der Waals surface area contributed by atoms with Crippen LogP contribution in [0.15, 0.2) is 24.5 Å². The number of aromatic nitrogens is 1. The highest BCUT2D eigenvalue weighted by Gasteiger charge is 2.05. The van der Waals surface area contributed by atoms with Crippen LogP contribution in [0.1, 0.15) is 26.3 Å². The molecule has 0 bridgehead atoms. The van der Waals surface area contributed by atoms with Gasteiger partial charge < -0.3 is 5.32 Å². The molecule has 0 aliphatic heterocycles. The number of pyridine rings is 1. The second-order valence-corrected chi connectivity index (χ2v) is 3.77. The van der Waals surface area contributed by atoms with Crippen molar-refractivity contribution in [2.24, 2.45) is 5.92 Å². The molecule has 1 heterocycles. The van der Waals surface area contributed by atoms with E-state index in [1.54, 1.807) is 6.20 Å². The Kier molecular flexibility index (Phi) is 3.90. The number of hydrogen-bond donors (Lipinski definition) is 1. The first-order chi connectivity index (χ1) is 6.20. The second-order valence-electron chi connectivity index (χ2n) is 3.77. The summed E-state index contributed by atoms with van der Waals surface area (Å²) in [4.78, 5) is 4.07. The number of nitrogens with zero attached hydrogens (tertiary/aromatic N) is 1. The van der Waals surface area contributed by atoms with Crippen molar-refractivity contribution in [3.63, 3.8) is 0 Å². The zero-order valence-electron chi connectivity index (χ0n) is 8.62. The fourth-order valence-electron chi connectivity index (χ4n) is 1.02. The maximum absolute atomic E-state index is 4.07. The molecule has 0 aromatic carbocycles. The molecule has 1 N–H and O–H groups in total. The average molecular weight is 178 g/mol. The Labute approximate surface area is 80.4 Å². The quantitative estimate of drug-likeness (QED) is 0.764. The predicted octanol–water partition coefficient (Wildman–Crippen LogP) is 2.22. The number of nitrogens with one attached hydrogen (secondary N) is 1. The molecule has 0 amide bonds. The van der Waals surface area contributed by atoms with Crippen LogP contribution in [0.3, 0.4) is 0 Å². The molecule has 0 spiro atoms. The van der Waals surface area contributed by atoms with Crippen molar-refractivity contribution in [1.29, 1.82) is 0 Å². The van der Waals surface area contributed by atoms with Crippen LogP contribution in [-0.4, -0.2) is 11.0 Å². The molecule has 0 saturated heterocycles. The molecule has 0 aliphatic carbocycles. The van der Waals surface area contributed by atoms with E-state index in [9.17, 15) is 0 Å². The van der Waals surface area contributed by atoms with Gasteiger partial charge in [0, 0.05) is 25.0 Å². The lowest BCUT2D eigenvalue weighted by atomic mass is 10.1. The highest BCUT2D eigenvalue weighted by atomic mass is 14.9. The predicted molar refractivity (Wildman–Crippen MR) is 55.4 cm³/mol. The standard InChI is InChI=1S/C11H18N2/c1-9(2)10(3)13-8-11-5-4-6-12-7-11/h4-7,9-10,13H,8H2,1-3H3. The van der Waals surface area contributed by atoms with Gasteiger partial charge in [0.1, 0.15) is 0 Å². The Morgan fingerprint density at radius 3 is 2.69 bits per heavy atom. The first kappa shape index (κ1) is 10.2. The SMILES string of the molecule is CC(C)C(C)NCc1cccnc1. The number of hydrogen-bond acceptors (Lipinski definition) is 2. The first-order valence-electron chi connectivity index (χ1n) is 4.82. The Morgan fingerprint density at radius 1 is 1.38 bits per heavy atom. The van der Waals surface area contributed by atoms with E-state index in [0.29, 0.717) is 12.0 Å². The van der Waals surface area contributed by atoms with Crippen LogP contribution in [0.4, 0.5) is 0 Å². The van der Waals surface area contributed by atoms with E-state index in [-0.39, 0.29) is 0 Å². The molecule has 1 atom stereocenters. The van der Waals surface area contributed by atoms with Crippen LogP contribution in [-0.2, 0) is 6.54 Å². The van der Waals surface area contributed by atoms with Gasteiger partial charge in [-0.05, 0) is 24.5 Å². The molecule has 72 valence electrons. The molecule has 0 aliphatic rings. The fourth-order valence-corrected chi connectivity index (χ4v) is 1.02. The molecular weight excluding hydrogens is 160 g/mol. The molecular formula is C11H18N2. The van der Waals surface area contributed by atoms with Gasteiger partial charge in [-0.15, -0.1) is 0 Å². The van der Waals surface area contributed by atoms with Gasteiger partial charge in [-0.25, -0.2) is 0 Å². The van der Waals surface area contributed by atoms with Gasteiger partial charge in [0.2, 0.25) is 0 Å². The van der Waals surface area contributed by atoms with Gasteiger partial charge in [-0.1, -0.05) is 19.9 Å². The lowest BCUT2D eigenvalue weighted by molar-refractivity contribution is 0.426. The molecule has 0 saturated carbocycles. The van der Waals surface area contributed by atoms with Gasteiger partial charge in [-0.2, -0.15) is 0 Å². The van der Waals surface area contributed by atoms with Gasteiger partial charge in [0.25, 0.3) is 0 Å². The Balaban J connectivity index is 2.35. The molecule has 0 fully saturated rings. The van der Waals surface area contributed by atoms with Gasteiger partial charge in [-0.3, -0.25) is 4.98 Å². The van der Waals surface area contributed by atoms with Gasteiger partial charge in [0.05, 0.1) is 0 Å². The minimum Gasteiger partial charge on any atom is -0.310 e. The third-order valence-electron chi connectivity index (χ3n) is 2.35. The van der Waals surface area contributed by atoms with Crippen molar-refractivity contribution in [2.75, 3.05) is 0 Å². The summed E-state index contributed by atoms with van der Waals surface area (Å²) in [5.41, 5.74) is 1.25. The summed E-state index contributed by atoms with van der Waals surface area (Å²) in [5.74, 6) is 0.677. The van der Waals surface area contributed by atoms with Crippen LogP contribution in [0.25, 0.3) is 0 Å². The van der Waals surface area contributed by atoms with E-state index in [2.05, 4.69) is 37.1 Å². The molecule has 2 heteroatoms. The third kappa shape index (κ3) is 3.55. The third-order valence-corrected chi connectivity index (χ3v) is 2.35. The molecule has 1 aromatic rings. The monoisotopic (exact) mass is 178 g/mol. The molecule has 1 aromatic heterocycles. The van der Waals surface area contributed by atoms with Gasteiger partial charge >= 0.3 is 0 Å². The van der Waals surface area contributed by atoms with E-state index in [0.717, 1.165) is 6.54 Å². The Hall–Kier alpha value is -0.890. The molecule has 1 unspecified atom stereocenters. The highest BCUT2D eigenvalue weighted by Crippen LogP contribution is 2.02. The van der Waals surface area contributed by atoms with E-state index < -0.39 is 0 Å². The summed E-state index contributed by atoms with van der Waals surface area (Å²) >= 11 is 0. The van der Waals surface area contributed by atoms with Crippen LogP contribution < -0.4 is 5.32 Å². The normalized spacial score (nSPS) is 13.2. The van der Waals surface area contributed by atoms with Crippen LogP contribution in [0, 0.1) is 5.92 Å². The van der Waals surface area contributed by atoms with Gasteiger partial charge in [0.15, 0.2) is 0 Å². The zero-order valence-corrected chi connectivity index (χ0v) is 8.62. The van der Waals surface area contributed by atoms with Crippen molar-refractivity contribution in [2.45, 2.75) is 33.4 Å². The van der Waals surface area contributed by atoms with Crippen molar-refractivity contribution >= 4 is 0 Å². The summed E-state index contributed by atoms with van der Waals surface area (Å²) in [6, 6.07) is 4.62. The maximum atomic E-state index is 4.07. The van der Waals surface area contributed by atoms with Crippen molar-refractivity contribution < 1.29 is 0 Å². The summed E-state index contributed by atoms with van der Waals surface area (Å²) in [6.45, 7) is 7.57. The lowest BCUT2D eigenvalue weighted by Gasteiger charge is -2.17. The largest absolute Gasteiger partial charge is 0.310 e. The summed E-state index contributed by atoms with van der Waals surface area (Å²) in [7, 11) is 0. The van der Waals surface area contributed by atoms with Crippen LogP contribution >= 0.6 is 0 Å². The van der Waals surface area contributed by atoms with Crippen LogP contribution in [0.2, 0.25) is 0 Å². The van der Waals surface area contributed by atoms with Crippen molar-refractivity contribution in [3.05, 3.63) is 30.1 Å². The highest BCUT2D eigenvalue weighted by molar-refractivity contribution is 5.07. The second kappa shape index (κ2) is 4.97. The van der Waals surface area contributed by atoms with E-state index in [4.69, 9.17) is 0 Å². The summed E-state index contributed by atoms with van der Waals surface area (Å²) < 4.78 is 0. The smallest absolute Gasteiger partial charge is 0.0312 e.